The highest BCUT2D eigenvalue weighted by Gasteiger charge is 2.50. The van der Waals surface area contributed by atoms with Crippen LogP contribution in [0.15, 0.2) is 16.2 Å². The summed E-state index contributed by atoms with van der Waals surface area (Å²) < 4.78 is 7.33. The van der Waals surface area contributed by atoms with Crippen LogP contribution < -0.4 is 11.2 Å². The molecule has 0 radical (unpaired) electrons. The van der Waals surface area contributed by atoms with E-state index in [1.54, 1.807) is 24.6 Å². The molecule has 0 aliphatic carbocycles. The van der Waals surface area contributed by atoms with Crippen LogP contribution in [0, 0.1) is 0 Å². The third-order valence-corrected chi connectivity index (χ3v) is 6.57. The van der Waals surface area contributed by atoms with E-state index in [0.717, 1.165) is 22.9 Å². The minimum absolute atomic E-state index is 0.00943. The van der Waals surface area contributed by atoms with Gasteiger partial charge in [0.15, 0.2) is 0 Å². The van der Waals surface area contributed by atoms with Crippen molar-refractivity contribution in [3.8, 4) is 0 Å². The van der Waals surface area contributed by atoms with E-state index in [9.17, 15) is 0 Å². The Morgan fingerprint density at radius 1 is 1.50 bits per heavy atom. The average Bonchev–Trinajstić information content (AvgIpc) is 2.93. The van der Waals surface area contributed by atoms with Crippen LogP contribution in [0.1, 0.15) is 44.1 Å². The number of halogens is 1. The highest BCUT2D eigenvalue weighted by atomic mass is 35.5. The fraction of sp³-hybridized carbons (Fsp3) is 0.647. The van der Waals surface area contributed by atoms with E-state index in [0.29, 0.717) is 6.61 Å². The molecule has 0 unspecified atom stereocenters. The monoisotopic (exact) mass is 368 g/mol. The Morgan fingerprint density at radius 3 is 2.92 bits per heavy atom. The first-order valence-electron chi connectivity index (χ1n) is 8.21. The zero-order chi connectivity index (χ0) is 17.5. The van der Waals surface area contributed by atoms with Crippen LogP contribution in [0.3, 0.4) is 0 Å². The Labute approximate surface area is 152 Å². The van der Waals surface area contributed by atoms with Gasteiger partial charge in [-0.3, -0.25) is 4.99 Å². The van der Waals surface area contributed by atoms with Gasteiger partial charge in [0, 0.05) is 36.0 Å². The predicted octanol–water partition coefficient (Wildman–Crippen LogP) is 3.06. The molecule has 0 aromatic carbocycles. The van der Waals surface area contributed by atoms with Gasteiger partial charge in [-0.15, -0.1) is 11.3 Å². The second-order valence-electron chi connectivity index (χ2n) is 7.43. The normalized spacial score (nSPS) is 33.1. The number of ether oxygens (including phenoxy) is 1. The summed E-state index contributed by atoms with van der Waals surface area (Å²) in [6.07, 6.45) is 3.40. The lowest BCUT2D eigenvalue weighted by molar-refractivity contribution is -0.111. The Morgan fingerprint density at radius 2 is 2.25 bits per heavy atom. The Bertz CT molecular complexity index is 684. The number of nitrogens with one attached hydrogen (secondary N) is 1. The van der Waals surface area contributed by atoms with Crippen molar-refractivity contribution in [3.05, 3.63) is 20.8 Å². The number of thiophene rings is 1. The summed E-state index contributed by atoms with van der Waals surface area (Å²) in [6, 6.07) is 2.37. The van der Waals surface area contributed by atoms with Crippen molar-refractivity contribution in [2.24, 2.45) is 15.9 Å². The molecule has 3 N–H and O–H groups in total. The number of hydrazone groups is 1. The van der Waals surface area contributed by atoms with Gasteiger partial charge in [0.05, 0.1) is 28.3 Å². The molecule has 3 rings (SSSR count). The first-order chi connectivity index (χ1) is 11.3. The van der Waals surface area contributed by atoms with Crippen molar-refractivity contribution in [2.75, 3.05) is 13.7 Å². The van der Waals surface area contributed by atoms with Crippen molar-refractivity contribution in [3.63, 3.8) is 0 Å². The number of rotatable bonds is 2. The summed E-state index contributed by atoms with van der Waals surface area (Å²) >= 11 is 8.05. The van der Waals surface area contributed by atoms with Crippen molar-refractivity contribution in [2.45, 2.75) is 56.7 Å². The number of nitrogens with two attached hydrogens (primary N) is 1. The van der Waals surface area contributed by atoms with Crippen molar-refractivity contribution in [1.29, 1.82) is 0 Å². The van der Waals surface area contributed by atoms with Gasteiger partial charge in [0.25, 0.3) is 0 Å². The molecule has 3 atom stereocenters. The Kier molecular flexibility index (Phi) is 4.77. The lowest BCUT2D eigenvalue weighted by Gasteiger charge is -2.49. The van der Waals surface area contributed by atoms with E-state index in [1.807, 2.05) is 0 Å². The highest BCUT2D eigenvalue weighted by molar-refractivity contribution is 7.16. The second-order valence-corrected chi connectivity index (χ2v) is 9.11. The fourth-order valence-corrected chi connectivity index (χ4v) is 5.31. The van der Waals surface area contributed by atoms with E-state index in [2.05, 4.69) is 42.2 Å². The third-order valence-electron chi connectivity index (χ3n) is 4.94. The summed E-state index contributed by atoms with van der Waals surface area (Å²) in [5.41, 5.74) is 1.62. The van der Waals surface area contributed by atoms with Gasteiger partial charge in [0.1, 0.15) is 0 Å². The van der Waals surface area contributed by atoms with Gasteiger partial charge in [-0.25, -0.2) is 0 Å². The van der Waals surface area contributed by atoms with Gasteiger partial charge >= 0.3 is 0 Å². The first kappa shape index (κ1) is 17.9. The van der Waals surface area contributed by atoms with Crippen LogP contribution in [0.5, 0.6) is 0 Å². The Balaban J connectivity index is 2.03. The third kappa shape index (κ3) is 3.01. The lowest BCUT2D eigenvalue weighted by atomic mass is 9.72. The topological polar surface area (TPSA) is 72.0 Å². The van der Waals surface area contributed by atoms with E-state index >= 15 is 0 Å². The zero-order valence-corrected chi connectivity index (χ0v) is 16.2. The molecule has 2 aliphatic heterocycles. The van der Waals surface area contributed by atoms with Crippen molar-refractivity contribution in [1.82, 2.24) is 5.32 Å². The van der Waals surface area contributed by atoms with Crippen molar-refractivity contribution >= 4 is 34.9 Å². The number of aliphatic imine (C=N–C) groups is 1. The van der Waals surface area contributed by atoms with E-state index < -0.39 is 0 Å². The second kappa shape index (κ2) is 6.41. The van der Waals surface area contributed by atoms with Gasteiger partial charge in [-0.2, -0.15) is 5.10 Å². The molecule has 1 aromatic rings. The molecular weight excluding hydrogens is 344 g/mol. The SMILES string of the molecule is CN=CC(=NN)[C@@H]1C[C@]2(C[C@H](C)N1)OCC(C)(C)c1sc(Cl)cc12. The standard InChI is InChI=1S/C17H25ClN4OS/c1-10-6-17(7-12(21-10)13(22-19)8-20-4)11-5-14(18)24-15(11)16(2,3)9-23-17/h5,8,10,12,21H,6-7,9,19H2,1-4H3/t10-,12-,17-/m0/s1. The minimum atomic E-state index is -0.346. The predicted molar refractivity (Wildman–Crippen MR) is 102 cm³/mol. The summed E-state index contributed by atoms with van der Waals surface area (Å²) in [6.45, 7) is 7.28. The smallest absolute Gasteiger partial charge is 0.0976 e. The van der Waals surface area contributed by atoms with Crippen LogP contribution in [-0.4, -0.2) is 37.7 Å². The Hall–Kier alpha value is -0.950. The maximum atomic E-state index is 6.50. The average molecular weight is 369 g/mol. The molecule has 1 aromatic heterocycles. The van der Waals surface area contributed by atoms with Crippen LogP contribution in [0.25, 0.3) is 0 Å². The van der Waals surface area contributed by atoms with Gasteiger partial charge in [-0.05, 0) is 25.0 Å². The largest absolute Gasteiger partial charge is 0.369 e. The van der Waals surface area contributed by atoms with Gasteiger partial charge in [0.2, 0.25) is 0 Å². The van der Waals surface area contributed by atoms with Gasteiger partial charge < -0.3 is 15.9 Å². The number of piperidine rings is 1. The molecule has 2 aliphatic rings. The number of hydrogen-bond acceptors (Lipinski definition) is 6. The number of hydrogen-bond donors (Lipinski definition) is 2. The van der Waals surface area contributed by atoms with Crippen LogP contribution in [0.4, 0.5) is 0 Å². The van der Waals surface area contributed by atoms with E-state index in [-0.39, 0.29) is 23.1 Å². The van der Waals surface area contributed by atoms with E-state index in [1.165, 1.54) is 10.4 Å². The van der Waals surface area contributed by atoms with Crippen LogP contribution in [-0.2, 0) is 15.8 Å². The summed E-state index contributed by atoms with van der Waals surface area (Å²) in [4.78, 5) is 5.41. The van der Waals surface area contributed by atoms with Crippen molar-refractivity contribution < 1.29 is 4.74 Å². The lowest BCUT2D eigenvalue weighted by Crippen LogP contribution is -2.57. The maximum absolute atomic E-state index is 6.50. The molecule has 1 fully saturated rings. The molecule has 7 heteroatoms. The molecule has 5 nitrogen and oxygen atoms in total. The molecule has 0 bridgehead atoms. The van der Waals surface area contributed by atoms with Crippen LogP contribution in [0.2, 0.25) is 4.34 Å². The van der Waals surface area contributed by atoms with E-state index in [4.69, 9.17) is 22.2 Å². The first-order valence-corrected chi connectivity index (χ1v) is 9.41. The quantitative estimate of drug-likeness (QED) is 0.478. The zero-order valence-electron chi connectivity index (χ0n) is 14.6. The summed E-state index contributed by atoms with van der Waals surface area (Å²) in [5.74, 6) is 5.59. The molecule has 1 saturated heterocycles. The molecule has 3 heterocycles. The fourth-order valence-electron chi connectivity index (χ4n) is 3.91. The minimum Gasteiger partial charge on any atom is -0.369 e. The molecule has 0 saturated carbocycles. The highest BCUT2D eigenvalue weighted by Crippen LogP contribution is 2.51. The molecule has 24 heavy (non-hydrogen) atoms. The summed E-state index contributed by atoms with van der Waals surface area (Å²) in [7, 11) is 1.73. The maximum Gasteiger partial charge on any atom is 0.0976 e. The molecule has 1 spiro atoms. The molecule has 132 valence electrons. The molecule has 0 amide bonds. The summed E-state index contributed by atoms with van der Waals surface area (Å²) in [5, 5.41) is 7.50. The van der Waals surface area contributed by atoms with Gasteiger partial charge in [-0.1, -0.05) is 25.4 Å². The molecular formula is C17H25ClN4OS. The number of fused-ring (bicyclic) bond motifs is 2. The number of nitrogens with zero attached hydrogens (tertiary/aromatic N) is 2. The van der Waals surface area contributed by atoms with Crippen LogP contribution >= 0.6 is 22.9 Å².